The van der Waals surface area contributed by atoms with Gasteiger partial charge in [-0.1, -0.05) is 12.1 Å². The summed E-state index contributed by atoms with van der Waals surface area (Å²) in [5.74, 6) is 0.522. The van der Waals surface area contributed by atoms with Crippen LogP contribution in [-0.2, 0) is 14.3 Å². The molecule has 9 nitrogen and oxygen atoms in total. The molecule has 1 N–H and O–H groups in total. The minimum Gasteiger partial charge on any atom is -0.490 e. The summed E-state index contributed by atoms with van der Waals surface area (Å²) in [7, 11) is 0. The highest BCUT2D eigenvalue weighted by Gasteiger charge is 2.20. The van der Waals surface area contributed by atoms with Crippen molar-refractivity contribution in [1.29, 1.82) is 0 Å². The number of para-hydroxylation sites is 2. The number of rotatable bonds is 10. The van der Waals surface area contributed by atoms with E-state index in [4.69, 9.17) is 23.7 Å². The van der Waals surface area contributed by atoms with Gasteiger partial charge in [0.05, 0.1) is 25.3 Å². The van der Waals surface area contributed by atoms with E-state index in [0.717, 1.165) is 0 Å². The zero-order valence-corrected chi connectivity index (χ0v) is 17.3. The van der Waals surface area contributed by atoms with Gasteiger partial charge in [0, 0.05) is 11.6 Å². The number of carbonyl (C=O) groups excluding carboxylic acids is 3. The van der Waals surface area contributed by atoms with Crippen molar-refractivity contribution in [2.24, 2.45) is 0 Å². The Morgan fingerprint density at radius 2 is 1.71 bits per heavy atom. The lowest BCUT2D eigenvalue weighted by atomic mass is 10.1. The van der Waals surface area contributed by atoms with Gasteiger partial charge in [-0.3, -0.25) is 14.4 Å². The Balaban J connectivity index is 1.47. The van der Waals surface area contributed by atoms with Crippen LogP contribution in [0.4, 0.5) is 5.69 Å². The Hall–Kier alpha value is -3.75. The van der Waals surface area contributed by atoms with Gasteiger partial charge in [0.1, 0.15) is 0 Å². The summed E-state index contributed by atoms with van der Waals surface area (Å²) in [6, 6.07) is 10.1. The number of benzene rings is 2. The van der Waals surface area contributed by atoms with Gasteiger partial charge in [-0.25, -0.2) is 0 Å². The molecule has 0 bridgehead atoms. The molecule has 1 heterocycles. The van der Waals surface area contributed by atoms with E-state index in [2.05, 4.69) is 5.32 Å². The predicted octanol–water partition coefficient (Wildman–Crippen LogP) is 2.97. The molecule has 0 unspecified atom stereocenters. The third-order valence-corrected chi connectivity index (χ3v) is 4.24. The Bertz CT molecular complexity index is 972. The zero-order chi connectivity index (χ0) is 22.2. The van der Waals surface area contributed by atoms with Gasteiger partial charge in [0.15, 0.2) is 35.4 Å². The fourth-order valence-corrected chi connectivity index (χ4v) is 2.83. The van der Waals surface area contributed by atoms with E-state index < -0.39 is 18.5 Å². The summed E-state index contributed by atoms with van der Waals surface area (Å²) >= 11 is 0. The Morgan fingerprint density at radius 3 is 2.39 bits per heavy atom. The topological polar surface area (TPSA) is 109 Å². The molecule has 1 amide bonds. The molecule has 1 aliphatic heterocycles. The van der Waals surface area contributed by atoms with E-state index in [9.17, 15) is 14.4 Å². The van der Waals surface area contributed by atoms with Gasteiger partial charge < -0.3 is 29.0 Å². The number of ether oxygens (including phenoxy) is 5. The molecule has 164 valence electrons. The summed E-state index contributed by atoms with van der Waals surface area (Å²) in [5, 5.41) is 2.56. The molecule has 3 rings (SSSR count). The maximum absolute atomic E-state index is 12.2. The van der Waals surface area contributed by atoms with Crippen molar-refractivity contribution in [3.05, 3.63) is 42.0 Å². The van der Waals surface area contributed by atoms with Crippen LogP contribution in [0.3, 0.4) is 0 Å². The molecular formula is C22H23NO8. The average Bonchev–Trinajstić information content (AvgIpc) is 3.20. The van der Waals surface area contributed by atoms with Crippen LogP contribution in [0, 0.1) is 0 Å². The smallest absolute Gasteiger partial charge is 0.309 e. The van der Waals surface area contributed by atoms with Crippen LogP contribution in [0.15, 0.2) is 36.4 Å². The Morgan fingerprint density at radius 1 is 1.03 bits per heavy atom. The first kappa shape index (κ1) is 21.9. The van der Waals surface area contributed by atoms with Gasteiger partial charge in [-0.15, -0.1) is 0 Å². The van der Waals surface area contributed by atoms with Crippen LogP contribution >= 0.6 is 0 Å². The quantitative estimate of drug-likeness (QED) is 0.454. The molecule has 0 saturated heterocycles. The average molecular weight is 429 g/mol. The number of hydrogen-bond acceptors (Lipinski definition) is 8. The first-order chi connectivity index (χ1) is 15.0. The predicted molar refractivity (Wildman–Crippen MR) is 110 cm³/mol. The molecule has 31 heavy (non-hydrogen) atoms. The van der Waals surface area contributed by atoms with Crippen LogP contribution in [0.1, 0.15) is 30.6 Å². The van der Waals surface area contributed by atoms with Crippen molar-refractivity contribution in [3.63, 3.8) is 0 Å². The number of Topliss-reactive ketones (excluding diaryl/α,β-unsaturated/α-hetero) is 1. The fraction of sp³-hybridized carbons (Fsp3) is 0.318. The van der Waals surface area contributed by atoms with Crippen LogP contribution in [0.5, 0.6) is 23.0 Å². The normalized spacial score (nSPS) is 11.5. The van der Waals surface area contributed by atoms with Crippen LogP contribution < -0.4 is 24.3 Å². The summed E-state index contributed by atoms with van der Waals surface area (Å²) in [5.41, 5.74) is 0.527. The summed E-state index contributed by atoms with van der Waals surface area (Å²) < 4.78 is 26.5. The number of esters is 1. The summed E-state index contributed by atoms with van der Waals surface area (Å²) in [6.07, 6.45) is -0.0452. The molecule has 0 atom stereocenters. The van der Waals surface area contributed by atoms with Gasteiger partial charge in [-0.2, -0.15) is 0 Å². The minimum atomic E-state index is -0.596. The summed E-state index contributed by atoms with van der Waals surface area (Å²) in [4.78, 5) is 36.0. The first-order valence-electron chi connectivity index (χ1n) is 9.72. The van der Waals surface area contributed by atoms with E-state index in [1.807, 2.05) is 13.0 Å². The van der Waals surface area contributed by atoms with E-state index in [1.54, 1.807) is 18.2 Å². The molecule has 0 saturated carbocycles. The van der Waals surface area contributed by atoms with Crippen LogP contribution in [0.25, 0.3) is 0 Å². The zero-order valence-electron chi connectivity index (χ0n) is 17.3. The molecule has 0 aromatic heterocycles. The molecule has 0 fully saturated rings. The van der Waals surface area contributed by atoms with Crippen molar-refractivity contribution in [3.8, 4) is 23.0 Å². The van der Waals surface area contributed by atoms with E-state index in [1.165, 1.54) is 19.1 Å². The number of fused-ring (bicyclic) bond motifs is 1. The third-order valence-electron chi connectivity index (χ3n) is 4.24. The molecule has 2 aromatic rings. The van der Waals surface area contributed by atoms with Gasteiger partial charge in [-0.05, 0) is 32.0 Å². The lowest BCUT2D eigenvalue weighted by Crippen LogP contribution is -2.22. The minimum absolute atomic E-state index is 0.0405. The molecule has 2 aromatic carbocycles. The van der Waals surface area contributed by atoms with Crippen molar-refractivity contribution < 1.29 is 38.1 Å². The van der Waals surface area contributed by atoms with E-state index in [0.29, 0.717) is 29.6 Å². The monoisotopic (exact) mass is 429 g/mol. The largest absolute Gasteiger partial charge is 0.490 e. The van der Waals surface area contributed by atoms with E-state index >= 15 is 0 Å². The number of nitrogens with one attached hydrogen (secondary N) is 1. The molecule has 0 radical (unpaired) electrons. The van der Waals surface area contributed by atoms with Gasteiger partial charge in [0.25, 0.3) is 5.91 Å². The number of hydrogen-bond donors (Lipinski definition) is 1. The maximum atomic E-state index is 12.2. The SMILES string of the molecule is CCOc1ccccc1OCCC(=O)OCC(=O)Nc1cc2c(cc1C(C)=O)OCO2. The van der Waals surface area contributed by atoms with Crippen molar-refractivity contribution in [1.82, 2.24) is 0 Å². The second kappa shape index (κ2) is 10.3. The number of amides is 1. The van der Waals surface area contributed by atoms with Crippen LogP contribution in [-0.4, -0.2) is 44.3 Å². The standard InChI is InChI=1S/C22H23NO8/c1-3-27-17-6-4-5-7-18(17)28-9-8-22(26)29-12-21(25)23-16-11-20-19(30-13-31-20)10-15(16)14(2)24/h4-7,10-11H,3,8-9,12-13H2,1-2H3,(H,23,25). The van der Waals surface area contributed by atoms with Crippen LogP contribution in [0.2, 0.25) is 0 Å². The van der Waals surface area contributed by atoms with Crippen molar-refractivity contribution in [2.45, 2.75) is 20.3 Å². The molecule has 1 aliphatic rings. The highest BCUT2D eigenvalue weighted by atomic mass is 16.7. The Kier molecular flexibility index (Phi) is 7.31. The highest BCUT2D eigenvalue weighted by molar-refractivity contribution is 6.05. The lowest BCUT2D eigenvalue weighted by molar-refractivity contribution is -0.147. The van der Waals surface area contributed by atoms with Crippen molar-refractivity contribution in [2.75, 3.05) is 31.9 Å². The third kappa shape index (κ3) is 5.88. The maximum Gasteiger partial charge on any atom is 0.309 e. The van der Waals surface area contributed by atoms with Gasteiger partial charge >= 0.3 is 5.97 Å². The second-order valence-corrected chi connectivity index (χ2v) is 6.49. The molecule has 9 heteroatoms. The molecule has 0 spiro atoms. The molecular weight excluding hydrogens is 406 g/mol. The molecule has 0 aliphatic carbocycles. The van der Waals surface area contributed by atoms with E-state index in [-0.39, 0.29) is 36.9 Å². The second-order valence-electron chi connectivity index (χ2n) is 6.49. The lowest BCUT2D eigenvalue weighted by Gasteiger charge is -2.12. The Labute approximate surface area is 179 Å². The number of anilines is 1. The number of carbonyl (C=O) groups is 3. The fourth-order valence-electron chi connectivity index (χ4n) is 2.83. The summed E-state index contributed by atoms with van der Waals surface area (Å²) in [6.45, 7) is 3.34. The van der Waals surface area contributed by atoms with Gasteiger partial charge in [0.2, 0.25) is 6.79 Å². The first-order valence-corrected chi connectivity index (χ1v) is 9.72. The van der Waals surface area contributed by atoms with Crippen molar-refractivity contribution >= 4 is 23.3 Å². The highest BCUT2D eigenvalue weighted by Crippen LogP contribution is 2.37. The number of ketones is 1.